The van der Waals surface area contributed by atoms with E-state index in [4.69, 9.17) is 9.47 Å². The molecule has 0 aromatic heterocycles. The van der Waals surface area contributed by atoms with E-state index in [2.05, 4.69) is 20.7 Å². The van der Waals surface area contributed by atoms with Crippen molar-refractivity contribution in [2.45, 2.75) is 17.2 Å². The number of hydrogen-bond acceptors (Lipinski definition) is 5. The molecule has 1 aliphatic heterocycles. The van der Waals surface area contributed by atoms with Gasteiger partial charge < -0.3 is 9.47 Å². The number of carbonyl (C=O) groups excluding carboxylic acids is 1. The van der Waals surface area contributed by atoms with E-state index in [1.165, 1.54) is 13.2 Å². The van der Waals surface area contributed by atoms with Crippen LogP contribution in [0.5, 0.6) is 11.5 Å². The molecule has 8 heteroatoms. The third-order valence-electron chi connectivity index (χ3n) is 4.92. The summed E-state index contributed by atoms with van der Waals surface area (Å²) in [5, 5.41) is 1.34. The first-order valence-corrected chi connectivity index (χ1v) is 11.2. The summed E-state index contributed by atoms with van der Waals surface area (Å²) in [6.07, 6.45) is 0.344. The Hall–Kier alpha value is -2.58. The molecule has 1 heterocycles. The van der Waals surface area contributed by atoms with E-state index in [9.17, 15) is 13.2 Å². The van der Waals surface area contributed by atoms with Gasteiger partial charge in [0, 0.05) is 10.9 Å². The van der Waals surface area contributed by atoms with Gasteiger partial charge in [-0.1, -0.05) is 36.4 Å². The van der Waals surface area contributed by atoms with E-state index in [0.29, 0.717) is 39.9 Å². The molecule has 0 spiro atoms. The smallest absolute Gasteiger partial charge is 0.264 e. The quantitative estimate of drug-likeness (QED) is 0.616. The van der Waals surface area contributed by atoms with Gasteiger partial charge in [0.15, 0.2) is 0 Å². The average molecular weight is 476 g/mol. The number of carbonyl (C=O) groups is 1. The second-order valence-electron chi connectivity index (χ2n) is 6.63. The molecule has 1 N–H and O–H groups in total. The van der Waals surface area contributed by atoms with Crippen LogP contribution in [0.1, 0.15) is 17.9 Å². The molecule has 1 atom stereocenters. The van der Waals surface area contributed by atoms with Crippen LogP contribution in [0, 0.1) is 0 Å². The first-order chi connectivity index (χ1) is 13.9. The Bertz CT molecular complexity index is 1200. The lowest BCUT2D eigenvalue weighted by Gasteiger charge is -2.27. The van der Waals surface area contributed by atoms with Crippen LogP contribution in [0.2, 0.25) is 0 Å². The van der Waals surface area contributed by atoms with Crippen LogP contribution in [0.4, 0.5) is 0 Å². The number of fused-ring (bicyclic) bond motifs is 2. The molecule has 3 aromatic rings. The Morgan fingerprint density at radius 2 is 1.90 bits per heavy atom. The minimum atomic E-state index is -4.06. The van der Waals surface area contributed by atoms with Gasteiger partial charge in [-0.05, 0) is 45.9 Å². The monoisotopic (exact) mass is 475 g/mol. The highest BCUT2D eigenvalue weighted by atomic mass is 79.9. The molecule has 4 rings (SSSR count). The van der Waals surface area contributed by atoms with Crippen LogP contribution in [0.3, 0.4) is 0 Å². The van der Waals surface area contributed by atoms with Gasteiger partial charge in [-0.15, -0.1) is 0 Å². The molecule has 0 bridgehead atoms. The SMILES string of the molecule is COc1ccc(Br)c2c1[C@H](C(=O)NS(=O)(=O)c1cccc3ccccc13)CCO2. The van der Waals surface area contributed by atoms with Crippen molar-refractivity contribution in [2.75, 3.05) is 13.7 Å². The molecule has 1 amide bonds. The maximum absolute atomic E-state index is 13.0. The number of sulfonamides is 1. The average Bonchev–Trinajstić information content (AvgIpc) is 2.73. The van der Waals surface area contributed by atoms with Crippen molar-refractivity contribution in [3.05, 3.63) is 64.6 Å². The molecule has 6 nitrogen and oxygen atoms in total. The predicted octanol–water partition coefficient (Wildman–Crippen LogP) is 3.98. The van der Waals surface area contributed by atoms with Gasteiger partial charge in [-0.3, -0.25) is 4.79 Å². The fourth-order valence-corrected chi connectivity index (χ4v) is 5.29. The highest BCUT2D eigenvalue weighted by molar-refractivity contribution is 9.10. The number of amides is 1. The number of rotatable bonds is 4. The number of halogens is 1. The van der Waals surface area contributed by atoms with Crippen molar-refractivity contribution in [3.8, 4) is 11.5 Å². The predicted molar refractivity (Wildman–Crippen MR) is 113 cm³/mol. The first-order valence-electron chi connectivity index (χ1n) is 8.96. The van der Waals surface area contributed by atoms with Crippen molar-refractivity contribution in [1.29, 1.82) is 0 Å². The largest absolute Gasteiger partial charge is 0.496 e. The molecule has 29 heavy (non-hydrogen) atoms. The van der Waals surface area contributed by atoms with Gasteiger partial charge >= 0.3 is 0 Å². The molecule has 1 aliphatic rings. The summed E-state index contributed by atoms with van der Waals surface area (Å²) in [7, 11) is -2.56. The van der Waals surface area contributed by atoms with Crippen LogP contribution >= 0.6 is 15.9 Å². The van der Waals surface area contributed by atoms with Crippen LogP contribution in [-0.4, -0.2) is 28.0 Å². The summed E-state index contributed by atoms with van der Waals surface area (Å²) in [6, 6.07) is 15.6. The Morgan fingerprint density at radius 1 is 1.14 bits per heavy atom. The van der Waals surface area contributed by atoms with E-state index in [-0.39, 0.29) is 4.90 Å². The molecule has 0 aliphatic carbocycles. The Morgan fingerprint density at radius 3 is 2.69 bits per heavy atom. The fourth-order valence-electron chi connectivity index (χ4n) is 3.58. The van der Waals surface area contributed by atoms with E-state index >= 15 is 0 Å². The van der Waals surface area contributed by atoms with Gasteiger partial charge in [0.1, 0.15) is 11.5 Å². The summed E-state index contributed by atoms with van der Waals surface area (Å²) in [4.78, 5) is 13.1. The lowest BCUT2D eigenvalue weighted by molar-refractivity contribution is -0.121. The number of ether oxygens (including phenoxy) is 2. The van der Waals surface area contributed by atoms with Gasteiger partial charge in [0.2, 0.25) is 5.91 Å². The molecule has 0 radical (unpaired) electrons. The summed E-state index contributed by atoms with van der Waals surface area (Å²) in [5.41, 5.74) is 0.541. The zero-order valence-corrected chi connectivity index (χ0v) is 17.9. The molecule has 3 aromatic carbocycles. The minimum Gasteiger partial charge on any atom is -0.496 e. The molecular formula is C21H18BrNO5S. The Kier molecular flexibility index (Phi) is 5.23. The third-order valence-corrected chi connectivity index (χ3v) is 6.95. The topological polar surface area (TPSA) is 81.7 Å². The van der Waals surface area contributed by atoms with E-state index < -0.39 is 21.8 Å². The summed E-state index contributed by atoms with van der Waals surface area (Å²) in [6.45, 7) is 0.297. The Labute approximate surface area is 177 Å². The zero-order valence-electron chi connectivity index (χ0n) is 15.5. The summed E-state index contributed by atoms with van der Waals surface area (Å²) < 4.78 is 40.1. The van der Waals surface area contributed by atoms with E-state index in [1.807, 2.05) is 18.2 Å². The van der Waals surface area contributed by atoms with Crippen LogP contribution in [0.15, 0.2) is 64.0 Å². The highest BCUT2D eigenvalue weighted by Gasteiger charge is 2.34. The molecule has 0 fully saturated rings. The zero-order chi connectivity index (χ0) is 20.6. The number of benzene rings is 3. The maximum atomic E-state index is 13.0. The minimum absolute atomic E-state index is 0.0671. The standard InChI is InChI=1S/C21H18BrNO5S/c1-27-17-10-9-16(22)20-19(17)15(11-12-28-20)21(24)23-29(25,26)18-8-4-6-13-5-2-3-7-14(13)18/h2-10,15H,11-12H2,1H3,(H,23,24)/t15-/m1/s1. The maximum Gasteiger partial charge on any atom is 0.264 e. The second kappa shape index (κ2) is 7.68. The third kappa shape index (κ3) is 3.58. The number of hydrogen-bond donors (Lipinski definition) is 1. The van der Waals surface area contributed by atoms with Crippen LogP contribution in [-0.2, 0) is 14.8 Å². The fraction of sp³-hybridized carbons (Fsp3) is 0.190. The van der Waals surface area contributed by atoms with Crippen molar-refractivity contribution >= 4 is 42.6 Å². The Balaban J connectivity index is 1.72. The van der Waals surface area contributed by atoms with Gasteiger partial charge in [0.05, 0.1) is 29.0 Å². The lowest BCUT2D eigenvalue weighted by atomic mass is 9.91. The molecule has 0 saturated carbocycles. The summed E-state index contributed by atoms with van der Waals surface area (Å²) >= 11 is 3.42. The van der Waals surface area contributed by atoms with E-state index in [0.717, 1.165) is 5.39 Å². The van der Waals surface area contributed by atoms with Crippen molar-refractivity contribution in [2.24, 2.45) is 0 Å². The van der Waals surface area contributed by atoms with Crippen LogP contribution < -0.4 is 14.2 Å². The molecule has 0 saturated heterocycles. The van der Waals surface area contributed by atoms with Crippen molar-refractivity contribution in [3.63, 3.8) is 0 Å². The summed E-state index contributed by atoms with van der Waals surface area (Å²) in [5.74, 6) is -0.348. The molecule has 150 valence electrons. The second-order valence-corrected chi connectivity index (χ2v) is 9.13. The normalized spacial score (nSPS) is 16.0. The van der Waals surface area contributed by atoms with Crippen molar-refractivity contribution < 1.29 is 22.7 Å². The van der Waals surface area contributed by atoms with E-state index in [1.54, 1.807) is 30.3 Å². The van der Waals surface area contributed by atoms with Gasteiger partial charge in [-0.25, -0.2) is 13.1 Å². The first kappa shape index (κ1) is 19.7. The molecule has 0 unspecified atom stereocenters. The lowest BCUT2D eigenvalue weighted by Crippen LogP contribution is -2.36. The van der Waals surface area contributed by atoms with Crippen molar-refractivity contribution in [1.82, 2.24) is 4.72 Å². The number of methoxy groups -OCH3 is 1. The highest BCUT2D eigenvalue weighted by Crippen LogP contribution is 2.44. The number of nitrogens with one attached hydrogen (secondary N) is 1. The molecular weight excluding hydrogens is 458 g/mol. The van der Waals surface area contributed by atoms with Gasteiger partial charge in [0.25, 0.3) is 10.0 Å². The van der Waals surface area contributed by atoms with Crippen LogP contribution in [0.25, 0.3) is 10.8 Å². The van der Waals surface area contributed by atoms with Gasteiger partial charge in [-0.2, -0.15) is 0 Å².